The zero-order valence-electron chi connectivity index (χ0n) is 10.8. The summed E-state index contributed by atoms with van der Waals surface area (Å²) >= 11 is 0. The number of nitrogens with one attached hydrogen (secondary N) is 2. The molecule has 0 aromatic heterocycles. The van der Waals surface area contributed by atoms with Crippen LogP contribution in [0, 0.1) is 5.82 Å². The van der Waals surface area contributed by atoms with Crippen LogP contribution in [0.1, 0.15) is 5.56 Å². The van der Waals surface area contributed by atoms with Crippen molar-refractivity contribution in [3.8, 4) is 5.75 Å². The molecule has 6 heteroatoms. The lowest BCUT2D eigenvalue weighted by atomic mass is 10.1. The van der Waals surface area contributed by atoms with Crippen LogP contribution in [0.15, 0.2) is 18.2 Å². The second-order valence-corrected chi connectivity index (χ2v) is 4.59. The largest absolute Gasteiger partial charge is 0.505 e. The molecular formula is C13H18FN3O2. The van der Waals surface area contributed by atoms with Gasteiger partial charge in [-0.05, 0) is 17.7 Å². The number of halogens is 1. The molecule has 1 aromatic rings. The third-order valence-electron chi connectivity index (χ3n) is 3.30. The van der Waals surface area contributed by atoms with Crippen molar-refractivity contribution < 1.29 is 14.3 Å². The van der Waals surface area contributed by atoms with Crippen LogP contribution >= 0.6 is 0 Å². The number of carbonyl (C=O) groups excluding carboxylic acids is 1. The molecule has 1 heterocycles. The van der Waals surface area contributed by atoms with Crippen molar-refractivity contribution in [1.82, 2.24) is 15.5 Å². The van der Waals surface area contributed by atoms with Crippen LogP contribution in [0.25, 0.3) is 0 Å². The van der Waals surface area contributed by atoms with Gasteiger partial charge >= 0.3 is 0 Å². The number of phenolic OH excluding ortho intramolecular Hbond substituents is 1. The lowest BCUT2D eigenvalue weighted by molar-refractivity contribution is -0.126. The highest BCUT2D eigenvalue weighted by Crippen LogP contribution is 2.18. The molecule has 1 saturated heterocycles. The summed E-state index contributed by atoms with van der Waals surface area (Å²) in [5.41, 5.74) is 0.742. The molecule has 0 spiro atoms. The zero-order chi connectivity index (χ0) is 13.8. The Hall–Kier alpha value is -1.66. The molecule has 1 aliphatic rings. The van der Waals surface area contributed by atoms with Crippen molar-refractivity contribution >= 4 is 5.91 Å². The van der Waals surface area contributed by atoms with E-state index in [4.69, 9.17) is 5.11 Å². The monoisotopic (exact) mass is 267 g/mol. The summed E-state index contributed by atoms with van der Waals surface area (Å²) < 4.78 is 13.3. The predicted octanol–water partition coefficient (Wildman–Crippen LogP) is 0.0511. The molecule has 1 fully saturated rings. The fourth-order valence-corrected chi connectivity index (χ4v) is 2.24. The van der Waals surface area contributed by atoms with Crippen molar-refractivity contribution in [2.75, 3.05) is 26.7 Å². The average molecular weight is 267 g/mol. The highest BCUT2D eigenvalue weighted by molar-refractivity contribution is 5.81. The SMILES string of the molecule is CNC(=O)C1CNCCN1Cc1ccc(O)c(F)c1. The van der Waals surface area contributed by atoms with Crippen LogP contribution in [-0.2, 0) is 11.3 Å². The van der Waals surface area contributed by atoms with Gasteiger partial charge in [-0.2, -0.15) is 0 Å². The molecule has 5 nitrogen and oxygen atoms in total. The molecule has 19 heavy (non-hydrogen) atoms. The van der Waals surface area contributed by atoms with E-state index in [1.165, 1.54) is 12.1 Å². The van der Waals surface area contributed by atoms with Crippen molar-refractivity contribution in [1.29, 1.82) is 0 Å². The van der Waals surface area contributed by atoms with E-state index in [1.54, 1.807) is 13.1 Å². The third kappa shape index (κ3) is 3.21. The molecule has 0 radical (unpaired) electrons. The predicted molar refractivity (Wildman–Crippen MR) is 69.2 cm³/mol. The number of nitrogens with zero attached hydrogens (tertiary/aromatic N) is 1. The summed E-state index contributed by atoms with van der Waals surface area (Å²) in [6.45, 7) is 2.59. The van der Waals surface area contributed by atoms with Gasteiger partial charge in [-0.1, -0.05) is 6.07 Å². The molecule has 2 rings (SSSR count). The van der Waals surface area contributed by atoms with E-state index in [-0.39, 0.29) is 17.7 Å². The minimum atomic E-state index is -0.635. The maximum absolute atomic E-state index is 13.3. The molecule has 0 bridgehead atoms. The molecule has 1 aromatic carbocycles. The smallest absolute Gasteiger partial charge is 0.238 e. The minimum Gasteiger partial charge on any atom is -0.505 e. The number of amides is 1. The Morgan fingerprint density at radius 1 is 1.63 bits per heavy atom. The summed E-state index contributed by atoms with van der Waals surface area (Å²) in [5.74, 6) is -1.04. The number of aromatic hydroxyl groups is 1. The van der Waals surface area contributed by atoms with Gasteiger partial charge in [0.05, 0.1) is 0 Å². The van der Waals surface area contributed by atoms with E-state index in [9.17, 15) is 9.18 Å². The van der Waals surface area contributed by atoms with Crippen LogP contribution in [-0.4, -0.2) is 48.6 Å². The van der Waals surface area contributed by atoms with Gasteiger partial charge in [0, 0.05) is 33.2 Å². The van der Waals surface area contributed by atoms with Crippen LogP contribution in [0.3, 0.4) is 0 Å². The molecule has 1 unspecified atom stereocenters. The van der Waals surface area contributed by atoms with Gasteiger partial charge in [0.15, 0.2) is 11.6 Å². The van der Waals surface area contributed by atoms with E-state index in [0.29, 0.717) is 13.1 Å². The first kappa shape index (κ1) is 13.8. The lowest BCUT2D eigenvalue weighted by Gasteiger charge is -2.34. The fraction of sp³-hybridized carbons (Fsp3) is 0.462. The van der Waals surface area contributed by atoms with Crippen LogP contribution in [0.2, 0.25) is 0 Å². The third-order valence-corrected chi connectivity index (χ3v) is 3.30. The topological polar surface area (TPSA) is 64.6 Å². The van der Waals surface area contributed by atoms with Gasteiger partial charge in [-0.3, -0.25) is 9.69 Å². The first-order valence-electron chi connectivity index (χ1n) is 6.25. The maximum Gasteiger partial charge on any atom is 0.238 e. The van der Waals surface area contributed by atoms with E-state index in [1.807, 2.05) is 4.90 Å². The van der Waals surface area contributed by atoms with Crippen LogP contribution in [0.5, 0.6) is 5.75 Å². The van der Waals surface area contributed by atoms with Gasteiger partial charge in [-0.15, -0.1) is 0 Å². The van der Waals surface area contributed by atoms with Crippen molar-refractivity contribution in [2.45, 2.75) is 12.6 Å². The number of hydrogen-bond acceptors (Lipinski definition) is 4. The fourth-order valence-electron chi connectivity index (χ4n) is 2.24. The lowest BCUT2D eigenvalue weighted by Crippen LogP contribution is -2.56. The second kappa shape index (κ2) is 5.99. The molecule has 1 atom stereocenters. The Morgan fingerprint density at radius 2 is 2.42 bits per heavy atom. The van der Waals surface area contributed by atoms with Crippen molar-refractivity contribution in [2.24, 2.45) is 0 Å². The standard InChI is InChI=1S/C13H18FN3O2/c1-15-13(19)11-7-16-4-5-17(11)8-9-2-3-12(18)10(14)6-9/h2-3,6,11,16,18H,4-5,7-8H2,1H3,(H,15,19). The average Bonchev–Trinajstić information content (AvgIpc) is 2.43. The summed E-state index contributed by atoms with van der Waals surface area (Å²) in [7, 11) is 1.61. The maximum atomic E-state index is 13.3. The highest BCUT2D eigenvalue weighted by Gasteiger charge is 2.27. The summed E-state index contributed by atoms with van der Waals surface area (Å²) in [4.78, 5) is 13.8. The van der Waals surface area contributed by atoms with Gasteiger partial charge in [0.1, 0.15) is 6.04 Å². The van der Waals surface area contributed by atoms with Crippen molar-refractivity contribution in [3.05, 3.63) is 29.6 Å². The van der Waals surface area contributed by atoms with Crippen LogP contribution < -0.4 is 10.6 Å². The van der Waals surface area contributed by atoms with Crippen molar-refractivity contribution in [3.63, 3.8) is 0 Å². The minimum absolute atomic E-state index is 0.0496. The molecule has 1 amide bonds. The number of phenols is 1. The number of benzene rings is 1. The van der Waals surface area contributed by atoms with Gasteiger partial charge in [-0.25, -0.2) is 4.39 Å². The summed E-state index contributed by atoms with van der Waals surface area (Å²) in [5, 5.41) is 15.0. The number of hydrogen-bond donors (Lipinski definition) is 3. The van der Waals surface area contributed by atoms with Crippen LogP contribution in [0.4, 0.5) is 4.39 Å². The first-order chi connectivity index (χ1) is 9.11. The Balaban J connectivity index is 2.10. The molecule has 104 valence electrons. The summed E-state index contributed by atoms with van der Waals surface area (Å²) in [6, 6.07) is 4.05. The number of carbonyl (C=O) groups is 1. The number of likely N-dealkylation sites (N-methyl/N-ethyl adjacent to an activating group) is 1. The number of rotatable bonds is 3. The summed E-state index contributed by atoms with van der Waals surface area (Å²) in [6.07, 6.45) is 0. The molecule has 1 aliphatic heterocycles. The van der Waals surface area contributed by atoms with E-state index < -0.39 is 5.82 Å². The quantitative estimate of drug-likeness (QED) is 0.724. The molecule has 0 aliphatic carbocycles. The van der Waals surface area contributed by atoms with E-state index in [0.717, 1.165) is 18.7 Å². The molecule has 0 saturated carbocycles. The zero-order valence-corrected chi connectivity index (χ0v) is 10.8. The first-order valence-corrected chi connectivity index (χ1v) is 6.25. The Bertz CT molecular complexity index is 467. The van der Waals surface area contributed by atoms with Gasteiger partial charge < -0.3 is 15.7 Å². The van der Waals surface area contributed by atoms with E-state index >= 15 is 0 Å². The Labute approximate surface area is 111 Å². The molecular weight excluding hydrogens is 249 g/mol. The number of piperazine rings is 1. The van der Waals surface area contributed by atoms with Gasteiger partial charge in [0.2, 0.25) is 5.91 Å². The Kier molecular flexibility index (Phi) is 4.34. The second-order valence-electron chi connectivity index (χ2n) is 4.59. The van der Waals surface area contributed by atoms with E-state index in [2.05, 4.69) is 10.6 Å². The Morgan fingerprint density at radius 3 is 3.11 bits per heavy atom. The highest BCUT2D eigenvalue weighted by atomic mass is 19.1. The molecule has 3 N–H and O–H groups in total. The normalized spacial score (nSPS) is 20.2. The van der Waals surface area contributed by atoms with Gasteiger partial charge in [0.25, 0.3) is 0 Å².